The Labute approximate surface area is 77.4 Å². The quantitative estimate of drug-likeness (QED) is 0.661. The van der Waals surface area contributed by atoms with E-state index in [1.54, 1.807) is 0 Å². The molecule has 0 saturated carbocycles. The lowest BCUT2D eigenvalue weighted by atomic mass is 10.0. The number of hydrogen-bond acceptors (Lipinski definition) is 2. The molecule has 2 bridgehead atoms. The third kappa shape index (κ3) is 2.10. The number of ether oxygens (including phenoxy) is 1. The topological polar surface area (TPSA) is 46.5 Å². The lowest BCUT2D eigenvalue weighted by molar-refractivity contribution is -0.136. The van der Waals surface area contributed by atoms with Crippen LogP contribution in [0.15, 0.2) is 11.6 Å². The Balaban J connectivity index is 1.94. The zero-order chi connectivity index (χ0) is 9.26. The third-order valence-corrected chi connectivity index (χ3v) is 2.74. The van der Waals surface area contributed by atoms with E-state index in [9.17, 15) is 4.79 Å². The van der Waals surface area contributed by atoms with Crippen LogP contribution in [-0.4, -0.2) is 23.3 Å². The number of hydrogen-bond donors (Lipinski definition) is 1. The zero-order valence-corrected chi connectivity index (χ0v) is 7.53. The monoisotopic (exact) mass is 182 g/mol. The Morgan fingerprint density at radius 1 is 1.46 bits per heavy atom. The van der Waals surface area contributed by atoms with Crippen molar-refractivity contribution in [1.29, 1.82) is 0 Å². The molecule has 2 aliphatic rings. The van der Waals surface area contributed by atoms with Crippen LogP contribution in [0.4, 0.5) is 0 Å². The number of aliphatic carboxylic acids is 1. The molecule has 1 N–H and O–H groups in total. The van der Waals surface area contributed by atoms with E-state index in [0.29, 0.717) is 12.2 Å². The molecule has 3 heteroatoms. The SMILES string of the molecule is O=C(O)CC=C1CC2CCC(C1)O2. The van der Waals surface area contributed by atoms with Gasteiger partial charge in [-0.1, -0.05) is 11.6 Å². The highest BCUT2D eigenvalue weighted by Crippen LogP contribution is 2.35. The Bertz CT molecular complexity index is 231. The fraction of sp³-hybridized carbons (Fsp3) is 0.700. The number of carboxylic acid groups (broad SMARTS) is 1. The number of carboxylic acids is 1. The van der Waals surface area contributed by atoms with Crippen molar-refractivity contribution in [1.82, 2.24) is 0 Å². The van der Waals surface area contributed by atoms with Crippen LogP contribution in [0.25, 0.3) is 0 Å². The summed E-state index contributed by atoms with van der Waals surface area (Å²) in [5, 5.41) is 8.52. The van der Waals surface area contributed by atoms with Gasteiger partial charge in [0.1, 0.15) is 0 Å². The van der Waals surface area contributed by atoms with E-state index in [1.165, 1.54) is 5.57 Å². The van der Waals surface area contributed by atoms with E-state index in [-0.39, 0.29) is 6.42 Å². The minimum Gasteiger partial charge on any atom is -0.481 e. The second-order valence-electron chi connectivity index (χ2n) is 3.83. The van der Waals surface area contributed by atoms with Gasteiger partial charge in [-0.3, -0.25) is 4.79 Å². The molecule has 13 heavy (non-hydrogen) atoms. The van der Waals surface area contributed by atoms with Gasteiger partial charge in [0.2, 0.25) is 0 Å². The van der Waals surface area contributed by atoms with Crippen LogP contribution in [0.5, 0.6) is 0 Å². The lowest BCUT2D eigenvalue weighted by Gasteiger charge is -2.22. The lowest BCUT2D eigenvalue weighted by Crippen LogP contribution is -2.19. The second kappa shape index (κ2) is 3.50. The first-order valence-electron chi connectivity index (χ1n) is 4.79. The van der Waals surface area contributed by atoms with Gasteiger partial charge in [-0.05, 0) is 25.7 Å². The van der Waals surface area contributed by atoms with E-state index in [1.807, 2.05) is 6.08 Å². The summed E-state index contributed by atoms with van der Waals surface area (Å²) in [5.41, 5.74) is 1.28. The van der Waals surface area contributed by atoms with Crippen LogP contribution in [0, 0.1) is 0 Å². The largest absolute Gasteiger partial charge is 0.481 e. The fourth-order valence-corrected chi connectivity index (χ4v) is 2.15. The number of rotatable bonds is 2. The van der Waals surface area contributed by atoms with E-state index in [2.05, 4.69) is 0 Å². The summed E-state index contributed by atoms with van der Waals surface area (Å²) in [6.45, 7) is 0. The number of fused-ring (bicyclic) bond motifs is 2. The van der Waals surface area contributed by atoms with Gasteiger partial charge in [0.25, 0.3) is 0 Å². The molecule has 0 amide bonds. The van der Waals surface area contributed by atoms with E-state index in [0.717, 1.165) is 25.7 Å². The minimum atomic E-state index is -0.744. The molecule has 2 atom stereocenters. The summed E-state index contributed by atoms with van der Waals surface area (Å²) in [4.78, 5) is 10.3. The molecule has 2 rings (SSSR count). The maximum Gasteiger partial charge on any atom is 0.307 e. The molecule has 2 fully saturated rings. The summed E-state index contributed by atoms with van der Waals surface area (Å²) in [6.07, 6.45) is 6.96. The van der Waals surface area contributed by atoms with Crippen molar-refractivity contribution < 1.29 is 14.6 Å². The maximum absolute atomic E-state index is 10.3. The Morgan fingerprint density at radius 2 is 2.08 bits per heavy atom. The summed E-state index contributed by atoms with van der Waals surface area (Å²) in [7, 11) is 0. The molecule has 2 saturated heterocycles. The zero-order valence-electron chi connectivity index (χ0n) is 7.53. The van der Waals surface area contributed by atoms with E-state index >= 15 is 0 Å². The Hall–Kier alpha value is -0.830. The van der Waals surface area contributed by atoms with Crippen LogP contribution < -0.4 is 0 Å². The van der Waals surface area contributed by atoms with Crippen molar-refractivity contribution in [3.8, 4) is 0 Å². The molecule has 2 unspecified atom stereocenters. The Kier molecular flexibility index (Phi) is 2.36. The number of carbonyl (C=O) groups is 1. The van der Waals surface area contributed by atoms with Gasteiger partial charge in [0.05, 0.1) is 18.6 Å². The van der Waals surface area contributed by atoms with Crippen LogP contribution in [-0.2, 0) is 9.53 Å². The minimum absolute atomic E-state index is 0.161. The molecule has 0 aromatic rings. The third-order valence-electron chi connectivity index (χ3n) is 2.74. The highest BCUT2D eigenvalue weighted by molar-refractivity contribution is 5.68. The summed E-state index contributed by atoms with van der Waals surface area (Å²) in [5.74, 6) is -0.744. The molecule has 0 aromatic carbocycles. The first-order valence-corrected chi connectivity index (χ1v) is 4.79. The van der Waals surface area contributed by atoms with Crippen LogP contribution in [0.2, 0.25) is 0 Å². The average molecular weight is 182 g/mol. The molecule has 3 nitrogen and oxygen atoms in total. The molecular weight excluding hydrogens is 168 g/mol. The highest BCUT2D eigenvalue weighted by atomic mass is 16.5. The van der Waals surface area contributed by atoms with Crippen molar-refractivity contribution in [3.63, 3.8) is 0 Å². The second-order valence-corrected chi connectivity index (χ2v) is 3.83. The van der Waals surface area contributed by atoms with Crippen LogP contribution in [0.3, 0.4) is 0 Å². The standard InChI is InChI=1S/C10H14O3/c11-10(12)4-1-7-5-8-2-3-9(6-7)13-8/h1,8-9H,2-6H2,(H,11,12). The molecule has 72 valence electrons. The molecule has 0 aromatic heterocycles. The van der Waals surface area contributed by atoms with Gasteiger partial charge >= 0.3 is 5.97 Å². The van der Waals surface area contributed by atoms with Gasteiger partial charge in [0, 0.05) is 0 Å². The first-order chi connectivity index (χ1) is 6.24. The predicted octanol–water partition coefficient (Wildman–Crippen LogP) is 1.73. The molecule has 2 heterocycles. The first kappa shape index (κ1) is 8.75. The summed E-state index contributed by atoms with van der Waals surface area (Å²) in [6, 6.07) is 0. The summed E-state index contributed by atoms with van der Waals surface area (Å²) < 4.78 is 5.65. The predicted molar refractivity (Wildman–Crippen MR) is 47.5 cm³/mol. The molecule has 0 aliphatic carbocycles. The average Bonchev–Trinajstić information content (AvgIpc) is 2.42. The van der Waals surface area contributed by atoms with E-state index < -0.39 is 5.97 Å². The molecule has 2 aliphatic heterocycles. The molecule has 0 spiro atoms. The highest BCUT2D eigenvalue weighted by Gasteiger charge is 2.31. The van der Waals surface area contributed by atoms with E-state index in [4.69, 9.17) is 9.84 Å². The van der Waals surface area contributed by atoms with Gasteiger partial charge in [-0.25, -0.2) is 0 Å². The molecular formula is C10H14O3. The normalized spacial score (nSPS) is 31.8. The summed E-state index contributed by atoms with van der Waals surface area (Å²) >= 11 is 0. The smallest absolute Gasteiger partial charge is 0.307 e. The fourth-order valence-electron chi connectivity index (χ4n) is 2.15. The van der Waals surface area contributed by atoms with Gasteiger partial charge in [-0.15, -0.1) is 0 Å². The van der Waals surface area contributed by atoms with Crippen molar-refractivity contribution in [2.24, 2.45) is 0 Å². The van der Waals surface area contributed by atoms with Gasteiger partial charge < -0.3 is 9.84 Å². The van der Waals surface area contributed by atoms with Gasteiger partial charge in [0.15, 0.2) is 0 Å². The maximum atomic E-state index is 10.3. The van der Waals surface area contributed by atoms with Crippen molar-refractivity contribution in [2.75, 3.05) is 0 Å². The molecule has 0 radical (unpaired) electrons. The Morgan fingerprint density at radius 3 is 2.62 bits per heavy atom. The van der Waals surface area contributed by atoms with Crippen molar-refractivity contribution in [3.05, 3.63) is 11.6 Å². The van der Waals surface area contributed by atoms with Crippen LogP contribution in [0.1, 0.15) is 32.1 Å². The van der Waals surface area contributed by atoms with Crippen molar-refractivity contribution in [2.45, 2.75) is 44.3 Å². The van der Waals surface area contributed by atoms with Gasteiger partial charge in [-0.2, -0.15) is 0 Å². The van der Waals surface area contributed by atoms with Crippen LogP contribution >= 0.6 is 0 Å². The van der Waals surface area contributed by atoms with Crippen molar-refractivity contribution >= 4 is 5.97 Å².